The van der Waals surface area contributed by atoms with Gasteiger partial charge in [-0.1, -0.05) is 37.8 Å². The molecule has 0 aliphatic heterocycles. The summed E-state index contributed by atoms with van der Waals surface area (Å²) in [5.41, 5.74) is 1.76. The molecular weight excluding hydrogens is 479 g/mol. The molecule has 0 saturated heterocycles. The van der Waals surface area contributed by atoms with Crippen LogP contribution >= 0.6 is 24.0 Å². The fourth-order valence-corrected chi connectivity index (χ4v) is 3.33. The number of amides is 1. The van der Waals surface area contributed by atoms with Crippen molar-refractivity contribution in [2.45, 2.75) is 58.1 Å². The van der Waals surface area contributed by atoms with Crippen molar-refractivity contribution in [1.29, 1.82) is 0 Å². The third-order valence-corrected chi connectivity index (χ3v) is 4.92. The van der Waals surface area contributed by atoms with Crippen molar-refractivity contribution in [3.63, 3.8) is 0 Å². The normalized spacial score (nSPS) is 15.2. The highest BCUT2D eigenvalue weighted by molar-refractivity contribution is 14.0. The summed E-state index contributed by atoms with van der Waals surface area (Å²) in [4.78, 5) is 18.2. The van der Waals surface area contributed by atoms with Crippen LogP contribution in [0, 0.1) is 0 Å². The van der Waals surface area contributed by atoms with Crippen LogP contribution in [0.25, 0.3) is 0 Å². The molecule has 0 spiro atoms. The van der Waals surface area contributed by atoms with Gasteiger partial charge in [0.1, 0.15) is 0 Å². The number of hydrogen-bond donors (Lipinski definition) is 2. The second-order valence-electron chi connectivity index (χ2n) is 7.50. The van der Waals surface area contributed by atoms with Gasteiger partial charge in [-0.3, -0.25) is 4.79 Å². The zero-order valence-electron chi connectivity index (χ0n) is 18.1. The summed E-state index contributed by atoms with van der Waals surface area (Å²) in [5.74, 6) is 0.805. The lowest BCUT2D eigenvalue weighted by Crippen LogP contribution is -2.39. The zero-order valence-corrected chi connectivity index (χ0v) is 20.4. The Labute approximate surface area is 192 Å². The smallest absolute Gasteiger partial charge is 0.253 e. The van der Waals surface area contributed by atoms with Crippen LogP contribution in [0.5, 0.6) is 0 Å². The minimum atomic E-state index is 0. The number of nitrogens with zero attached hydrogens (tertiary/aromatic N) is 2. The van der Waals surface area contributed by atoms with E-state index in [0.717, 1.165) is 24.6 Å². The summed E-state index contributed by atoms with van der Waals surface area (Å²) >= 11 is 0. The van der Waals surface area contributed by atoms with E-state index in [1.54, 1.807) is 19.0 Å². The first-order valence-corrected chi connectivity index (χ1v) is 10.5. The number of rotatable bonds is 8. The summed E-state index contributed by atoms with van der Waals surface area (Å²) in [7, 11) is 3.52. The molecule has 1 saturated carbocycles. The van der Waals surface area contributed by atoms with Gasteiger partial charge in [-0.2, -0.15) is 0 Å². The van der Waals surface area contributed by atoms with E-state index in [4.69, 9.17) is 4.74 Å². The van der Waals surface area contributed by atoms with Crippen LogP contribution in [0.1, 0.15) is 61.4 Å². The van der Waals surface area contributed by atoms with E-state index in [0.29, 0.717) is 24.8 Å². The molecule has 6 nitrogen and oxygen atoms in total. The Bertz CT molecular complexity index is 612. The first-order valence-electron chi connectivity index (χ1n) is 10.5. The Kier molecular flexibility index (Phi) is 12.9. The van der Waals surface area contributed by atoms with Gasteiger partial charge in [0, 0.05) is 32.7 Å². The molecule has 1 fully saturated rings. The summed E-state index contributed by atoms with van der Waals surface area (Å²) < 4.78 is 6.03. The van der Waals surface area contributed by atoms with Gasteiger partial charge >= 0.3 is 0 Å². The summed E-state index contributed by atoms with van der Waals surface area (Å²) in [6, 6.07) is 7.63. The minimum absolute atomic E-state index is 0. The molecule has 0 radical (unpaired) electrons. The van der Waals surface area contributed by atoms with Gasteiger partial charge in [0.25, 0.3) is 5.91 Å². The van der Waals surface area contributed by atoms with E-state index in [1.165, 1.54) is 38.5 Å². The van der Waals surface area contributed by atoms with Crippen LogP contribution < -0.4 is 10.6 Å². The first kappa shape index (κ1) is 25.7. The maximum Gasteiger partial charge on any atom is 0.253 e. The molecule has 7 heteroatoms. The van der Waals surface area contributed by atoms with Crippen LogP contribution in [0.4, 0.5) is 0 Å². The predicted octanol–water partition coefficient (Wildman–Crippen LogP) is 3.80. The third-order valence-electron chi connectivity index (χ3n) is 4.92. The van der Waals surface area contributed by atoms with Gasteiger partial charge in [-0.15, -0.1) is 24.0 Å². The van der Waals surface area contributed by atoms with E-state index >= 15 is 0 Å². The number of guanidine groups is 1. The molecule has 1 aromatic rings. The monoisotopic (exact) mass is 516 g/mol. The van der Waals surface area contributed by atoms with Crippen molar-refractivity contribution in [2.24, 2.45) is 4.99 Å². The standard InChI is InChI=1S/C22H36N4O2.HI/c1-4-23-22(24-15-16-28-20-9-7-5-6-8-10-20)25-17-18-11-13-19(14-12-18)21(27)26(2)3;/h11-14,20H,4-10,15-17H2,1-3H3,(H2,23,24,25);1H. The highest BCUT2D eigenvalue weighted by atomic mass is 127. The molecule has 0 bridgehead atoms. The lowest BCUT2D eigenvalue weighted by Gasteiger charge is -2.16. The Morgan fingerprint density at radius 2 is 1.76 bits per heavy atom. The molecule has 0 atom stereocenters. The summed E-state index contributed by atoms with van der Waals surface area (Å²) in [5, 5.41) is 6.61. The Morgan fingerprint density at radius 3 is 2.34 bits per heavy atom. The van der Waals surface area contributed by atoms with Crippen molar-refractivity contribution in [1.82, 2.24) is 15.5 Å². The average Bonchev–Trinajstić information content (AvgIpc) is 2.98. The third kappa shape index (κ3) is 9.80. The lowest BCUT2D eigenvalue weighted by atomic mass is 10.1. The summed E-state index contributed by atoms with van der Waals surface area (Å²) in [6.07, 6.45) is 8.09. The topological polar surface area (TPSA) is 66.0 Å². The molecule has 1 aromatic carbocycles. The van der Waals surface area contributed by atoms with Gasteiger partial charge in [0.05, 0.1) is 19.3 Å². The van der Waals surface area contributed by atoms with Crippen molar-refractivity contribution >= 4 is 35.8 Å². The Hall–Kier alpha value is -1.35. The number of aliphatic imine (C=N–C) groups is 1. The highest BCUT2D eigenvalue weighted by Crippen LogP contribution is 2.19. The quantitative estimate of drug-likeness (QED) is 0.181. The minimum Gasteiger partial charge on any atom is -0.376 e. The average molecular weight is 516 g/mol. The zero-order chi connectivity index (χ0) is 20.2. The van der Waals surface area contributed by atoms with E-state index < -0.39 is 0 Å². The second-order valence-corrected chi connectivity index (χ2v) is 7.50. The fourth-order valence-electron chi connectivity index (χ4n) is 3.33. The number of hydrogen-bond acceptors (Lipinski definition) is 3. The molecule has 1 aliphatic rings. The van der Waals surface area contributed by atoms with Gasteiger partial charge in [0.15, 0.2) is 5.96 Å². The summed E-state index contributed by atoms with van der Waals surface area (Å²) in [6.45, 7) is 4.89. The number of ether oxygens (including phenoxy) is 1. The predicted molar refractivity (Wildman–Crippen MR) is 130 cm³/mol. The molecule has 0 aromatic heterocycles. The van der Waals surface area contributed by atoms with Crippen LogP contribution in [0.3, 0.4) is 0 Å². The van der Waals surface area contributed by atoms with Crippen molar-refractivity contribution in [3.8, 4) is 0 Å². The molecule has 0 heterocycles. The second kappa shape index (κ2) is 14.6. The van der Waals surface area contributed by atoms with Gasteiger partial charge in [0.2, 0.25) is 0 Å². The van der Waals surface area contributed by atoms with E-state index in [-0.39, 0.29) is 29.9 Å². The maximum absolute atomic E-state index is 12.0. The number of carbonyl (C=O) groups is 1. The molecule has 29 heavy (non-hydrogen) atoms. The first-order chi connectivity index (χ1) is 13.6. The molecule has 164 valence electrons. The van der Waals surface area contributed by atoms with Crippen LogP contribution in [-0.4, -0.2) is 56.7 Å². The molecular formula is C22H37IN4O2. The molecule has 1 amide bonds. The molecule has 1 aliphatic carbocycles. The van der Waals surface area contributed by atoms with E-state index in [1.807, 2.05) is 24.3 Å². The number of nitrogens with one attached hydrogen (secondary N) is 2. The lowest BCUT2D eigenvalue weighted by molar-refractivity contribution is 0.0468. The molecule has 2 rings (SSSR count). The largest absolute Gasteiger partial charge is 0.376 e. The van der Waals surface area contributed by atoms with Crippen molar-refractivity contribution < 1.29 is 9.53 Å². The van der Waals surface area contributed by atoms with Gasteiger partial charge in [-0.05, 0) is 37.5 Å². The fraction of sp³-hybridized carbons (Fsp3) is 0.636. The molecule has 0 unspecified atom stereocenters. The Balaban J connectivity index is 0.00000420. The van der Waals surface area contributed by atoms with Crippen LogP contribution in [0.2, 0.25) is 0 Å². The highest BCUT2D eigenvalue weighted by Gasteiger charge is 2.12. The van der Waals surface area contributed by atoms with Gasteiger partial charge in [-0.25, -0.2) is 4.99 Å². The maximum atomic E-state index is 12.0. The SMILES string of the molecule is CCNC(=NCc1ccc(C(=O)N(C)C)cc1)NCCOC1CCCCCC1.I. The van der Waals surface area contributed by atoms with Crippen LogP contribution in [0.15, 0.2) is 29.3 Å². The van der Waals surface area contributed by atoms with E-state index in [2.05, 4.69) is 22.5 Å². The number of benzene rings is 1. The Morgan fingerprint density at radius 1 is 1.10 bits per heavy atom. The van der Waals surface area contributed by atoms with Gasteiger partial charge < -0.3 is 20.3 Å². The van der Waals surface area contributed by atoms with Crippen LogP contribution in [-0.2, 0) is 11.3 Å². The van der Waals surface area contributed by atoms with Crippen molar-refractivity contribution in [3.05, 3.63) is 35.4 Å². The number of halogens is 1. The number of carbonyl (C=O) groups excluding carboxylic acids is 1. The van der Waals surface area contributed by atoms with Crippen molar-refractivity contribution in [2.75, 3.05) is 33.8 Å². The molecule has 2 N–H and O–H groups in total. The van der Waals surface area contributed by atoms with E-state index in [9.17, 15) is 4.79 Å².